The Labute approximate surface area is 172 Å². The molecule has 0 radical (unpaired) electrons. The SMILES string of the molecule is Cc1nc2ccc(C3=CC(=O)N4C=C(N5CCN(C)[C@@H](C)C5)C=CC4P3)cc2o1. The van der Waals surface area contributed by atoms with Crippen LogP contribution in [0.4, 0.5) is 0 Å². The summed E-state index contributed by atoms with van der Waals surface area (Å²) in [5.41, 5.74) is 3.79. The number of hydrogen-bond donors (Lipinski definition) is 0. The zero-order valence-electron chi connectivity index (χ0n) is 16.9. The number of likely N-dealkylation sites (N-methyl/N-ethyl adjacent to an activating group) is 1. The number of aryl methyl sites for hydroxylation is 1. The van der Waals surface area contributed by atoms with Crippen molar-refractivity contribution in [2.24, 2.45) is 0 Å². The summed E-state index contributed by atoms with van der Waals surface area (Å²) in [4.78, 5) is 23.9. The molecule has 1 aromatic heterocycles. The quantitative estimate of drug-likeness (QED) is 0.714. The Morgan fingerprint density at radius 3 is 2.97 bits per heavy atom. The van der Waals surface area contributed by atoms with Gasteiger partial charge in [0.1, 0.15) is 5.52 Å². The van der Waals surface area contributed by atoms with E-state index in [0.717, 1.165) is 47.3 Å². The minimum absolute atomic E-state index is 0.0432. The summed E-state index contributed by atoms with van der Waals surface area (Å²) in [5.74, 6) is 0.787. The number of rotatable bonds is 2. The molecule has 5 rings (SSSR count). The molecule has 0 spiro atoms. The first-order valence-electron chi connectivity index (χ1n) is 10.0. The van der Waals surface area contributed by atoms with Gasteiger partial charge in [0.15, 0.2) is 11.5 Å². The van der Waals surface area contributed by atoms with E-state index >= 15 is 0 Å². The first kappa shape index (κ1) is 18.6. The first-order chi connectivity index (χ1) is 14.0. The standard InChI is InChI=1S/C22H25N4O2P/c1-14-12-25(9-8-24(14)3)17-5-7-22-26(13-17)21(27)11-20(29-22)16-4-6-18-19(10-16)28-15(2)23-18/h4-7,10-11,13-14,22,29H,8-9,12H2,1-3H3/t14-,22?/m0/s1. The maximum atomic E-state index is 12.9. The van der Waals surface area contributed by atoms with E-state index in [-0.39, 0.29) is 11.7 Å². The molecule has 3 atom stereocenters. The average Bonchev–Trinajstić information content (AvgIpc) is 3.09. The number of benzene rings is 1. The lowest BCUT2D eigenvalue weighted by molar-refractivity contribution is -0.123. The molecule has 0 N–H and O–H groups in total. The van der Waals surface area contributed by atoms with Crippen molar-refractivity contribution >= 4 is 30.9 Å². The second-order valence-corrected chi connectivity index (χ2v) is 9.42. The molecule has 29 heavy (non-hydrogen) atoms. The monoisotopic (exact) mass is 408 g/mol. The van der Waals surface area contributed by atoms with Crippen LogP contribution in [0, 0.1) is 6.92 Å². The number of aromatic nitrogens is 1. The van der Waals surface area contributed by atoms with E-state index in [1.165, 1.54) is 0 Å². The second kappa shape index (κ2) is 7.12. The van der Waals surface area contributed by atoms with E-state index in [4.69, 9.17) is 4.42 Å². The summed E-state index contributed by atoms with van der Waals surface area (Å²) in [7, 11) is 2.67. The molecule has 7 heteroatoms. The zero-order chi connectivity index (χ0) is 20.1. The van der Waals surface area contributed by atoms with Crippen LogP contribution in [0.25, 0.3) is 16.4 Å². The lowest BCUT2D eigenvalue weighted by atomic mass is 10.1. The van der Waals surface area contributed by atoms with Crippen molar-refractivity contribution in [3.63, 3.8) is 0 Å². The third kappa shape index (κ3) is 3.41. The van der Waals surface area contributed by atoms with Crippen LogP contribution in [-0.4, -0.2) is 64.1 Å². The first-order valence-corrected chi connectivity index (χ1v) is 11.1. The van der Waals surface area contributed by atoms with Gasteiger partial charge >= 0.3 is 0 Å². The van der Waals surface area contributed by atoms with Gasteiger partial charge in [-0.1, -0.05) is 20.7 Å². The lowest BCUT2D eigenvalue weighted by Gasteiger charge is -2.42. The third-order valence-corrected chi connectivity index (χ3v) is 7.49. The van der Waals surface area contributed by atoms with Gasteiger partial charge in [-0.25, -0.2) is 4.98 Å². The Kier molecular flexibility index (Phi) is 4.56. The van der Waals surface area contributed by atoms with Crippen molar-refractivity contribution in [3.8, 4) is 0 Å². The van der Waals surface area contributed by atoms with Crippen molar-refractivity contribution in [1.82, 2.24) is 19.7 Å². The smallest absolute Gasteiger partial charge is 0.252 e. The number of amides is 1. The predicted molar refractivity (Wildman–Crippen MR) is 117 cm³/mol. The van der Waals surface area contributed by atoms with Gasteiger partial charge in [0.25, 0.3) is 5.91 Å². The van der Waals surface area contributed by atoms with Crippen molar-refractivity contribution < 1.29 is 9.21 Å². The Balaban J connectivity index is 1.39. The molecular formula is C22H25N4O2P. The van der Waals surface area contributed by atoms with Crippen LogP contribution >= 0.6 is 8.58 Å². The molecule has 1 saturated heterocycles. The largest absolute Gasteiger partial charge is 0.441 e. The highest BCUT2D eigenvalue weighted by molar-refractivity contribution is 7.51. The molecule has 3 aliphatic heterocycles. The maximum absolute atomic E-state index is 12.9. The number of oxazole rings is 1. The van der Waals surface area contributed by atoms with Crippen LogP contribution in [0.3, 0.4) is 0 Å². The summed E-state index contributed by atoms with van der Waals surface area (Å²) in [6, 6.07) is 6.50. The molecule has 0 aliphatic carbocycles. The van der Waals surface area contributed by atoms with E-state index in [2.05, 4.69) is 40.9 Å². The summed E-state index contributed by atoms with van der Waals surface area (Å²) in [6.07, 6.45) is 8.18. The second-order valence-electron chi connectivity index (χ2n) is 8.00. The van der Waals surface area contributed by atoms with Gasteiger partial charge < -0.3 is 19.1 Å². The number of piperazine rings is 1. The van der Waals surface area contributed by atoms with Crippen molar-refractivity contribution in [2.45, 2.75) is 25.7 Å². The normalized spacial score (nSPS) is 26.1. The molecular weight excluding hydrogens is 383 g/mol. The van der Waals surface area contributed by atoms with Gasteiger partial charge in [-0.05, 0) is 43.1 Å². The highest BCUT2D eigenvalue weighted by atomic mass is 31.1. The molecule has 0 saturated carbocycles. The summed E-state index contributed by atoms with van der Waals surface area (Å²) in [6.45, 7) is 7.11. The topological polar surface area (TPSA) is 52.8 Å². The summed E-state index contributed by atoms with van der Waals surface area (Å²) < 4.78 is 5.67. The van der Waals surface area contributed by atoms with Crippen LogP contribution in [-0.2, 0) is 4.79 Å². The number of carbonyl (C=O) groups is 1. The summed E-state index contributed by atoms with van der Waals surface area (Å²) >= 11 is 0. The average molecular weight is 408 g/mol. The number of fused-ring (bicyclic) bond motifs is 2. The van der Waals surface area contributed by atoms with E-state index in [0.29, 0.717) is 20.5 Å². The van der Waals surface area contributed by atoms with Crippen molar-refractivity contribution in [1.29, 1.82) is 0 Å². The van der Waals surface area contributed by atoms with Crippen molar-refractivity contribution in [2.75, 3.05) is 26.7 Å². The highest BCUT2D eigenvalue weighted by Crippen LogP contribution is 2.45. The number of allylic oxidation sites excluding steroid dienone is 1. The Morgan fingerprint density at radius 1 is 1.28 bits per heavy atom. The Bertz CT molecular complexity index is 1070. The highest BCUT2D eigenvalue weighted by Gasteiger charge is 2.31. The molecule has 2 aromatic rings. The molecule has 2 unspecified atom stereocenters. The summed E-state index contributed by atoms with van der Waals surface area (Å²) in [5, 5.41) is 1.07. The van der Waals surface area contributed by atoms with E-state index < -0.39 is 0 Å². The van der Waals surface area contributed by atoms with E-state index in [1.807, 2.05) is 36.2 Å². The van der Waals surface area contributed by atoms with Gasteiger partial charge in [-0.2, -0.15) is 0 Å². The van der Waals surface area contributed by atoms with Crippen LogP contribution in [0.2, 0.25) is 0 Å². The zero-order valence-corrected chi connectivity index (χ0v) is 17.9. The number of carbonyl (C=O) groups excluding carboxylic acids is 1. The molecule has 150 valence electrons. The lowest BCUT2D eigenvalue weighted by Crippen LogP contribution is -2.50. The predicted octanol–water partition coefficient (Wildman–Crippen LogP) is 3.37. The minimum atomic E-state index is 0.0432. The fraction of sp³-hybridized carbons (Fsp3) is 0.364. The maximum Gasteiger partial charge on any atom is 0.252 e. The van der Waals surface area contributed by atoms with Gasteiger partial charge in [0, 0.05) is 44.9 Å². The molecule has 0 bridgehead atoms. The fourth-order valence-corrected chi connectivity index (χ4v) is 5.49. The van der Waals surface area contributed by atoms with E-state index in [9.17, 15) is 4.79 Å². The molecule has 3 aliphatic rings. The molecule has 4 heterocycles. The minimum Gasteiger partial charge on any atom is -0.441 e. The number of hydrogen-bond acceptors (Lipinski definition) is 5. The van der Waals surface area contributed by atoms with Crippen LogP contribution in [0.15, 0.2) is 52.7 Å². The third-order valence-electron chi connectivity index (χ3n) is 5.98. The Hall–Kier alpha value is -2.43. The van der Waals surface area contributed by atoms with Gasteiger partial charge in [-0.15, -0.1) is 0 Å². The van der Waals surface area contributed by atoms with Crippen molar-refractivity contribution in [3.05, 3.63) is 59.8 Å². The molecule has 1 aromatic carbocycles. The molecule has 6 nitrogen and oxygen atoms in total. The fourth-order valence-electron chi connectivity index (χ4n) is 4.11. The molecule has 1 amide bonds. The van der Waals surface area contributed by atoms with Gasteiger partial charge in [0.05, 0.1) is 11.5 Å². The number of nitrogens with zero attached hydrogens (tertiary/aromatic N) is 4. The Morgan fingerprint density at radius 2 is 2.14 bits per heavy atom. The van der Waals surface area contributed by atoms with E-state index in [1.54, 1.807) is 6.08 Å². The molecule has 1 fully saturated rings. The van der Waals surface area contributed by atoms with Crippen LogP contribution in [0.5, 0.6) is 0 Å². The van der Waals surface area contributed by atoms with Crippen LogP contribution < -0.4 is 0 Å². The van der Waals surface area contributed by atoms with Gasteiger partial charge in [0.2, 0.25) is 0 Å². The van der Waals surface area contributed by atoms with Crippen LogP contribution in [0.1, 0.15) is 18.4 Å². The van der Waals surface area contributed by atoms with Gasteiger partial charge in [-0.3, -0.25) is 4.79 Å².